The van der Waals surface area contributed by atoms with Crippen LogP contribution in [0.3, 0.4) is 0 Å². The Morgan fingerprint density at radius 1 is 1.15 bits per heavy atom. The zero-order chi connectivity index (χ0) is 13.0. The number of hydrogen-bond donors (Lipinski definition) is 1. The van der Waals surface area contributed by atoms with Gasteiger partial charge in [-0.05, 0) is 62.7 Å². The van der Waals surface area contributed by atoms with E-state index in [1.165, 1.54) is 38.5 Å². The Bertz CT molecular complexity index is 399. The zero-order valence-corrected chi connectivity index (χ0v) is 13.6. The van der Waals surface area contributed by atoms with Crippen molar-refractivity contribution in [2.45, 2.75) is 51.4 Å². The fourth-order valence-electron chi connectivity index (χ4n) is 5.70. The summed E-state index contributed by atoms with van der Waals surface area (Å²) in [5.74, 6) is 3.69. The SMILES string of the molecule is N=C1CCCN1CC(=O)C12CC3CC(CC(C3)C1)C2.[Br-]. The first kappa shape index (κ1) is 14.6. The van der Waals surface area contributed by atoms with Crippen LogP contribution in [0.25, 0.3) is 0 Å². The van der Waals surface area contributed by atoms with Crippen LogP contribution in [0.1, 0.15) is 51.4 Å². The molecule has 1 heterocycles. The lowest BCUT2D eigenvalue weighted by atomic mass is 9.48. The van der Waals surface area contributed by atoms with Gasteiger partial charge in [-0.1, -0.05) is 0 Å². The minimum absolute atomic E-state index is 0. The number of carbonyl (C=O) groups is 1. The van der Waals surface area contributed by atoms with Crippen LogP contribution >= 0.6 is 0 Å². The van der Waals surface area contributed by atoms with Gasteiger partial charge in [-0.2, -0.15) is 0 Å². The third-order valence-corrected chi connectivity index (χ3v) is 6.19. The van der Waals surface area contributed by atoms with Gasteiger partial charge in [0, 0.05) is 18.4 Å². The van der Waals surface area contributed by atoms with Gasteiger partial charge in [-0.25, -0.2) is 0 Å². The van der Waals surface area contributed by atoms with Crippen molar-refractivity contribution in [2.75, 3.05) is 13.1 Å². The summed E-state index contributed by atoms with van der Waals surface area (Å²) in [6.45, 7) is 1.46. The van der Waals surface area contributed by atoms with Gasteiger partial charge in [0.15, 0.2) is 5.78 Å². The third kappa shape index (κ3) is 2.24. The van der Waals surface area contributed by atoms with Crippen molar-refractivity contribution in [3.05, 3.63) is 0 Å². The van der Waals surface area contributed by atoms with E-state index in [1.807, 2.05) is 4.90 Å². The molecule has 0 aromatic carbocycles. The van der Waals surface area contributed by atoms with E-state index in [2.05, 4.69) is 0 Å². The van der Waals surface area contributed by atoms with E-state index in [9.17, 15) is 4.79 Å². The number of ketones is 1. The Hall–Kier alpha value is -0.380. The number of likely N-dealkylation sites (tertiary alicyclic amines) is 1. The molecule has 5 fully saturated rings. The highest BCUT2D eigenvalue weighted by Gasteiger charge is 2.54. The van der Waals surface area contributed by atoms with E-state index in [0.717, 1.165) is 37.1 Å². The summed E-state index contributed by atoms with van der Waals surface area (Å²) < 4.78 is 0. The normalized spacial score (nSPS) is 41.9. The highest BCUT2D eigenvalue weighted by molar-refractivity contribution is 5.91. The van der Waals surface area contributed by atoms with Crippen LogP contribution in [0.2, 0.25) is 0 Å². The van der Waals surface area contributed by atoms with Crippen molar-refractivity contribution in [1.29, 1.82) is 5.41 Å². The van der Waals surface area contributed by atoms with Crippen LogP contribution in [-0.2, 0) is 4.79 Å². The molecule has 20 heavy (non-hydrogen) atoms. The van der Waals surface area contributed by atoms with Gasteiger partial charge in [0.2, 0.25) is 0 Å². The molecule has 0 radical (unpaired) electrons. The highest BCUT2D eigenvalue weighted by atomic mass is 79.9. The summed E-state index contributed by atoms with van der Waals surface area (Å²) in [7, 11) is 0. The van der Waals surface area contributed by atoms with Crippen LogP contribution < -0.4 is 17.0 Å². The monoisotopic (exact) mass is 339 g/mol. The molecule has 3 nitrogen and oxygen atoms in total. The van der Waals surface area contributed by atoms with Gasteiger partial charge in [-0.15, -0.1) is 0 Å². The number of Topliss-reactive ketones (excluding diaryl/α,β-unsaturated/α-hetero) is 1. The lowest BCUT2D eigenvalue weighted by Crippen LogP contribution is -3.00. The molecule has 0 amide bonds. The molecular weight excluding hydrogens is 316 g/mol. The number of amidine groups is 1. The number of halogens is 1. The van der Waals surface area contributed by atoms with Crippen molar-refractivity contribution in [3.63, 3.8) is 0 Å². The second-order valence-corrected chi connectivity index (χ2v) is 7.59. The molecule has 1 N–H and O–H groups in total. The first-order valence-corrected chi connectivity index (χ1v) is 8.00. The van der Waals surface area contributed by atoms with E-state index in [0.29, 0.717) is 18.2 Å². The van der Waals surface area contributed by atoms with Crippen molar-refractivity contribution in [1.82, 2.24) is 4.90 Å². The predicted octanol–water partition coefficient (Wildman–Crippen LogP) is -0.151. The van der Waals surface area contributed by atoms with Gasteiger partial charge in [-0.3, -0.25) is 10.2 Å². The lowest BCUT2D eigenvalue weighted by molar-refractivity contribution is -0.144. The quantitative estimate of drug-likeness (QED) is 0.777. The maximum atomic E-state index is 12.9. The Kier molecular flexibility index (Phi) is 3.72. The molecule has 4 heteroatoms. The van der Waals surface area contributed by atoms with Crippen LogP contribution in [0, 0.1) is 28.6 Å². The summed E-state index contributed by atoms with van der Waals surface area (Å²) in [5.41, 5.74) is 0.0254. The second-order valence-electron chi connectivity index (χ2n) is 7.59. The molecule has 0 aromatic heterocycles. The Balaban J connectivity index is 0.00000121. The van der Waals surface area contributed by atoms with Crippen LogP contribution in [0.4, 0.5) is 0 Å². The predicted molar refractivity (Wildman–Crippen MR) is 74.1 cm³/mol. The van der Waals surface area contributed by atoms with Crippen LogP contribution in [-0.4, -0.2) is 29.6 Å². The molecule has 112 valence electrons. The Morgan fingerprint density at radius 2 is 1.70 bits per heavy atom. The largest absolute Gasteiger partial charge is 1.00 e. The van der Waals surface area contributed by atoms with E-state index in [1.54, 1.807) is 0 Å². The summed E-state index contributed by atoms with van der Waals surface area (Å²) >= 11 is 0. The first-order valence-electron chi connectivity index (χ1n) is 8.00. The molecule has 1 aliphatic heterocycles. The summed E-state index contributed by atoms with van der Waals surface area (Å²) in [5, 5.41) is 7.91. The number of hydrogen-bond acceptors (Lipinski definition) is 2. The van der Waals surface area contributed by atoms with E-state index in [4.69, 9.17) is 5.41 Å². The topological polar surface area (TPSA) is 44.2 Å². The standard InChI is InChI=1S/C16H24N2O.BrH/c17-15-2-1-3-18(15)10-14(19)16-7-11-4-12(8-16)6-13(5-11)9-16;/h11-13,17H,1-10H2;1H/p-1. The fourth-order valence-corrected chi connectivity index (χ4v) is 5.70. The average molecular weight is 340 g/mol. The minimum atomic E-state index is 0. The molecule has 0 atom stereocenters. The fraction of sp³-hybridized carbons (Fsp3) is 0.875. The second kappa shape index (κ2) is 5.11. The smallest absolute Gasteiger partial charge is 0.158 e. The number of nitrogens with one attached hydrogen (secondary N) is 1. The Labute approximate surface area is 131 Å². The molecule has 4 saturated carbocycles. The molecule has 0 aromatic rings. The molecule has 5 aliphatic rings. The van der Waals surface area contributed by atoms with Crippen molar-refractivity contribution >= 4 is 11.6 Å². The highest BCUT2D eigenvalue weighted by Crippen LogP contribution is 2.60. The molecule has 5 rings (SSSR count). The molecule has 0 unspecified atom stereocenters. The zero-order valence-electron chi connectivity index (χ0n) is 12.0. The number of rotatable bonds is 3. The molecule has 0 spiro atoms. The number of nitrogens with zero attached hydrogens (tertiary/aromatic N) is 1. The minimum Gasteiger partial charge on any atom is -1.00 e. The molecule has 4 aliphatic carbocycles. The Morgan fingerprint density at radius 3 is 2.15 bits per heavy atom. The average Bonchev–Trinajstić information content (AvgIpc) is 2.73. The van der Waals surface area contributed by atoms with Gasteiger partial charge in [0.1, 0.15) is 0 Å². The first-order chi connectivity index (χ1) is 9.14. The summed E-state index contributed by atoms with van der Waals surface area (Å²) in [6.07, 6.45) is 9.61. The van der Waals surface area contributed by atoms with Gasteiger partial charge < -0.3 is 21.9 Å². The van der Waals surface area contributed by atoms with E-state index >= 15 is 0 Å². The maximum absolute atomic E-state index is 12.9. The number of carbonyl (C=O) groups excluding carboxylic acids is 1. The maximum Gasteiger partial charge on any atom is 0.158 e. The lowest BCUT2D eigenvalue weighted by Gasteiger charge is -2.56. The van der Waals surface area contributed by atoms with Crippen molar-refractivity contribution in [2.24, 2.45) is 23.2 Å². The summed E-state index contributed by atoms with van der Waals surface area (Å²) in [6, 6.07) is 0. The van der Waals surface area contributed by atoms with Crippen LogP contribution in [0.5, 0.6) is 0 Å². The van der Waals surface area contributed by atoms with Crippen molar-refractivity contribution in [3.8, 4) is 0 Å². The van der Waals surface area contributed by atoms with E-state index in [-0.39, 0.29) is 22.4 Å². The molecule has 4 bridgehead atoms. The van der Waals surface area contributed by atoms with Crippen molar-refractivity contribution < 1.29 is 21.8 Å². The van der Waals surface area contributed by atoms with Crippen LogP contribution in [0.15, 0.2) is 0 Å². The van der Waals surface area contributed by atoms with Gasteiger partial charge in [0.25, 0.3) is 0 Å². The van der Waals surface area contributed by atoms with Gasteiger partial charge >= 0.3 is 0 Å². The summed E-state index contributed by atoms with van der Waals surface area (Å²) in [4.78, 5) is 14.9. The van der Waals surface area contributed by atoms with E-state index < -0.39 is 0 Å². The molecular formula is C16H24BrN2O-. The third-order valence-electron chi connectivity index (χ3n) is 6.19. The molecule has 1 saturated heterocycles. The van der Waals surface area contributed by atoms with Gasteiger partial charge in [0.05, 0.1) is 12.4 Å².